The van der Waals surface area contributed by atoms with Gasteiger partial charge in [0, 0.05) is 50.4 Å². The summed E-state index contributed by atoms with van der Waals surface area (Å²) in [6.45, 7) is 3.80. The van der Waals surface area contributed by atoms with Crippen LogP contribution >= 0.6 is 0 Å². The van der Waals surface area contributed by atoms with E-state index in [4.69, 9.17) is 0 Å². The molecule has 3 rings (SSSR count). The number of anilines is 1. The molecule has 2 fully saturated rings. The molecule has 1 aromatic carbocycles. The van der Waals surface area contributed by atoms with Crippen LogP contribution < -0.4 is 4.90 Å². The van der Waals surface area contributed by atoms with Gasteiger partial charge in [-0.25, -0.2) is 8.42 Å². The minimum Gasteiger partial charge on any atom is -0.336 e. The second-order valence-electron chi connectivity index (χ2n) is 6.29. The Balaban J connectivity index is 1.63. The van der Waals surface area contributed by atoms with E-state index in [2.05, 4.69) is 0 Å². The van der Waals surface area contributed by atoms with Crippen molar-refractivity contribution in [1.29, 1.82) is 0 Å². The summed E-state index contributed by atoms with van der Waals surface area (Å²) in [5.74, 6) is 0.0950. The van der Waals surface area contributed by atoms with Crippen molar-refractivity contribution in [3.63, 3.8) is 0 Å². The average Bonchev–Trinajstić information content (AvgIpc) is 3.07. The maximum atomic E-state index is 12.6. The topological polar surface area (TPSA) is 78.0 Å². The van der Waals surface area contributed by atoms with Gasteiger partial charge in [-0.05, 0) is 37.6 Å². The number of hydrogen-bond acceptors (Lipinski definition) is 4. The Labute approximate surface area is 148 Å². The van der Waals surface area contributed by atoms with Crippen molar-refractivity contribution < 1.29 is 18.0 Å². The van der Waals surface area contributed by atoms with Gasteiger partial charge in [-0.2, -0.15) is 4.31 Å². The molecule has 0 aliphatic carbocycles. The Hall–Kier alpha value is -1.93. The lowest BCUT2D eigenvalue weighted by molar-refractivity contribution is -0.117. The van der Waals surface area contributed by atoms with E-state index in [1.54, 1.807) is 41.0 Å². The molecular weight excluding hydrogens is 342 g/mol. The number of amides is 2. The van der Waals surface area contributed by atoms with Crippen molar-refractivity contribution in [1.82, 2.24) is 9.21 Å². The Morgan fingerprint density at radius 2 is 1.68 bits per heavy atom. The van der Waals surface area contributed by atoms with Gasteiger partial charge in [-0.3, -0.25) is 9.59 Å². The van der Waals surface area contributed by atoms with Gasteiger partial charge in [0.2, 0.25) is 15.9 Å². The second kappa shape index (κ2) is 7.13. The molecule has 0 bridgehead atoms. The monoisotopic (exact) mass is 365 g/mol. The first-order chi connectivity index (χ1) is 11.9. The van der Waals surface area contributed by atoms with E-state index in [1.165, 1.54) is 4.31 Å². The van der Waals surface area contributed by atoms with Gasteiger partial charge >= 0.3 is 0 Å². The van der Waals surface area contributed by atoms with E-state index in [0.29, 0.717) is 38.2 Å². The van der Waals surface area contributed by atoms with Crippen molar-refractivity contribution in [2.45, 2.75) is 19.8 Å². The molecule has 136 valence electrons. The van der Waals surface area contributed by atoms with Gasteiger partial charge < -0.3 is 9.80 Å². The number of carbonyl (C=O) groups excluding carboxylic acids is 2. The first kappa shape index (κ1) is 17.9. The summed E-state index contributed by atoms with van der Waals surface area (Å²) in [6.07, 6.45) is 1.44. The number of sulfonamides is 1. The third kappa shape index (κ3) is 3.69. The smallest absolute Gasteiger partial charge is 0.253 e. The number of rotatable bonds is 4. The summed E-state index contributed by atoms with van der Waals surface area (Å²) in [6, 6.07) is 7.07. The second-order valence-corrected chi connectivity index (χ2v) is 8.55. The zero-order valence-corrected chi connectivity index (χ0v) is 15.2. The van der Waals surface area contributed by atoms with Crippen LogP contribution in [0, 0.1) is 0 Å². The summed E-state index contributed by atoms with van der Waals surface area (Å²) in [4.78, 5) is 27.8. The number of nitrogens with zero attached hydrogens (tertiary/aromatic N) is 3. The van der Waals surface area contributed by atoms with Crippen molar-refractivity contribution in [2.75, 3.05) is 43.4 Å². The Morgan fingerprint density at radius 3 is 2.20 bits per heavy atom. The maximum absolute atomic E-state index is 12.6. The molecule has 2 aliphatic rings. The Kier molecular flexibility index (Phi) is 5.10. The van der Waals surface area contributed by atoms with E-state index >= 15 is 0 Å². The average molecular weight is 365 g/mol. The highest BCUT2D eigenvalue weighted by Gasteiger charge is 2.28. The van der Waals surface area contributed by atoms with E-state index < -0.39 is 10.0 Å². The van der Waals surface area contributed by atoms with Gasteiger partial charge in [0.05, 0.1) is 5.75 Å². The summed E-state index contributed by atoms with van der Waals surface area (Å²) in [7, 11) is -3.20. The molecule has 1 aromatic rings. The fraction of sp³-hybridized carbons (Fsp3) is 0.529. The third-order valence-electron chi connectivity index (χ3n) is 4.78. The lowest BCUT2D eigenvalue weighted by Crippen LogP contribution is -2.50. The number of benzene rings is 1. The maximum Gasteiger partial charge on any atom is 0.253 e. The van der Waals surface area contributed by atoms with Crippen molar-refractivity contribution in [2.24, 2.45) is 0 Å². The fourth-order valence-electron chi connectivity index (χ4n) is 3.24. The Bertz CT molecular complexity index is 753. The summed E-state index contributed by atoms with van der Waals surface area (Å²) < 4.78 is 25.2. The molecule has 2 aliphatic heterocycles. The van der Waals surface area contributed by atoms with E-state index in [-0.39, 0.29) is 17.6 Å². The van der Waals surface area contributed by atoms with Crippen LogP contribution in [-0.4, -0.2) is 67.9 Å². The number of hydrogen-bond donors (Lipinski definition) is 0. The van der Waals surface area contributed by atoms with Gasteiger partial charge in [0.1, 0.15) is 0 Å². The van der Waals surface area contributed by atoms with Gasteiger partial charge in [-0.15, -0.1) is 0 Å². The van der Waals surface area contributed by atoms with Gasteiger partial charge in [0.15, 0.2) is 0 Å². The van der Waals surface area contributed by atoms with E-state index in [1.807, 2.05) is 0 Å². The van der Waals surface area contributed by atoms with Crippen LogP contribution in [0.4, 0.5) is 5.69 Å². The molecule has 0 aromatic heterocycles. The predicted molar refractivity (Wildman–Crippen MR) is 95.0 cm³/mol. The highest BCUT2D eigenvalue weighted by atomic mass is 32.2. The molecule has 0 atom stereocenters. The van der Waals surface area contributed by atoms with Crippen LogP contribution in [0.15, 0.2) is 24.3 Å². The Morgan fingerprint density at radius 1 is 1.04 bits per heavy atom. The summed E-state index contributed by atoms with van der Waals surface area (Å²) in [5, 5.41) is 0. The summed E-state index contributed by atoms with van der Waals surface area (Å²) in [5.41, 5.74) is 1.38. The van der Waals surface area contributed by atoms with Gasteiger partial charge in [0.25, 0.3) is 5.91 Å². The van der Waals surface area contributed by atoms with Crippen LogP contribution in [0.2, 0.25) is 0 Å². The lowest BCUT2D eigenvalue weighted by atomic mass is 10.1. The first-order valence-corrected chi connectivity index (χ1v) is 10.2. The zero-order valence-electron chi connectivity index (χ0n) is 14.3. The zero-order chi connectivity index (χ0) is 18.0. The molecule has 2 saturated heterocycles. The first-order valence-electron chi connectivity index (χ1n) is 8.60. The minimum atomic E-state index is -3.20. The highest BCUT2D eigenvalue weighted by Crippen LogP contribution is 2.22. The third-order valence-corrected chi connectivity index (χ3v) is 6.66. The molecule has 0 N–H and O–H groups in total. The molecule has 0 spiro atoms. The summed E-state index contributed by atoms with van der Waals surface area (Å²) >= 11 is 0. The molecule has 25 heavy (non-hydrogen) atoms. The molecule has 8 heteroatoms. The van der Waals surface area contributed by atoms with E-state index in [0.717, 1.165) is 18.7 Å². The number of carbonyl (C=O) groups is 2. The largest absolute Gasteiger partial charge is 0.336 e. The molecular formula is C17H23N3O4S. The molecule has 0 unspecified atom stereocenters. The van der Waals surface area contributed by atoms with Crippen molar-refractivity contribution >= 4 is 27.5 Å². The molecule has 0 saturated carbocycles. The van der Waals surface area contributed by atoms with Crippen molar-refractivity contribution in [3.05, 3.63) is 29.8 Å². The van der Waals surface area contributed by atoms with Gasteiger partial charge in [-0.1, -0.05) is 0 Å². The quantitative estimate of drug-likeness (QED) is 0.795. The van der Waals surface area contributed by atoms with E-state index in [9.17, 15) is 18.0 Å². The fourth-order valence-corrected chi connectivity index (χ4v) is 4.32. The molecule has 2 heterocycles. The standard InChI is InChI=1S/C17H23N3O4S/c1-2-25(23,24)19-12-10-18(11-13-19)17(22)14-5-7-15(8-6-14)20-9-3-4-16(20)21/h5-8H,2-4,9-13H2,1H3. The minimum absolute atomic E-state index is 0.0810. The van der Waals surface area contributed by atoms with Crippen LogP contribution in [0.3, 0.4) is 0 Å². The van der Waals surface area contributed by atoms with Crippen LogP contribution in [-0.2, 0) is 14.8 Å². The predicted octanol–water partition coefficient (Wildman–Crippen LogP) is 0.921. The van der Waals surface area contributed by atoms with Crippen LogP contribution in [0.25, 0.3) is 0 Å². The molecule has 0 radical (unpaired) electrons. The molecule has 2 amide bonds. The van der Waals surface area contributed by atoms with Crippen LogP contribution in [0.1, 0.15) is 30.1 Å². The van der Waals surface area contributed by atoms with Crippen LogP contribution in [0.5, 0.6) is 0 Å². The molecule has 7 nitrogen and oxygen atoms in total. The highest BCUT2D eigenvalue weighted by molar-refractivity contribution is 7.89. The lowest BCUT2D eigenvalue weighted by Gasteiger charge is -2.33. The van der Waals surface area contributed by atoms with Crippen molar-refractivity contribution in [3.8, 4) is 0 Å². The normalized spacial score (nSPS) is 19.5. The number of piperazine rings is 1. The SMILES string of the molecule is CCS(=O)(=O)N1CCN(C(=O)c2ccc(N3CCCC3=O)cc2)CC1.